The van der Waals surface area contributed by atoms with Crippen LogP contribution < -0.4 is 0 Å². The smallest absolute Gasteiger partial charge is 0.337 e. The summed E-state index contributed by atoms with van der Waals surface area (Å²) in [6, 6.07) is 8.06. The Bertz CT molecular complexity index is 972. The van der Waals surface area contributed by atoms with Crippen molar-refractivity contribution >= 4 is 12.0 Å². The van der Waals surface area contributed by atoms with Gasteiger partial charge in [0.05, 0.1) is 24.3 Å². The van der Waals surface area contributed by atoms with E-state index in [4.69, 9.17) is 4.74 Å². The highest BCUT2D eigenvalue weighted by Crippen LogP contribution is 2.63. The van der Waals surface area contributed by atoms with Crippen molar-refractivity contribution in [3.8, 4) is 0 Å². The summed E-state index contributed by atoms with van der Waals surface area (Å²) in [5, 5.41) is 8.56. The monoisotopic (exact) mass is 348 g/mol. The van der Waals surface area contributed by atoms with Gasteiger partial charge in [-0.15, -0.1) is 10.2 Å². The van der Waals surface area contributed by atoms with E-state index in [-0.39, 0.29) is 11.5 Å². The SMILES string of the molecule is COC(=O)c1ccc(CN2C(C)=CC34C(C=Cc5nnc(C)n53)C24)cc1. The van der Waals surface area contributed by atoms with E-state index in [1.165, 1.54) is 18.4 Å². The second kappa shape index (κ2) is 5.06. The number of carbonyl (C=O) groups excluding carboxylic acids is 1. The van der Waals surface area contributed by atoms with Crippen molar-refractivity contribution in [1.29, 1.82) is 0 Å². The van der Waals surface area contributed by atoms with Crippen molar-refractivity contribution in [2.24, 2.45) is 5.92 Å². The molecule has 1 spiro atoms. The molecule has 3 unspecified atom stereocenters. The minimum absolute atomic E-state index is 0.0340. The van der Waals surface area contributed by atoms with Crippen LogP contribution in [0.5, 0.6) is 0 Å². The van der Waals surface area contributed by atoms with Gasteiger partial charge in [-0.2, -0.15) is 0 Å². The highest BCUT2D eigenvalue weighted by Gasteiger charge is 2.71. The van der Waals surface area contributed by atoms with Gasteiger partial charge in [0.1, 0.15) is 5.82 Å². The van der Waals surface area contributed by atoms with Gasteiger partial charge >= 0.3 is 5.97 Å². The molecule has 3 aliphatic rings. The molecular weight excluding hydrogens is 328 g/mol. The van der Waals surface area contributed by atoms with E-state index in [1.807, 2.05) is 31.2 Å². The first kappa shape index (κ1) is 15.4. The summed E-state index contributed by atoms with van der Waals surface area (Å²) in [4.78, 5) is 14.1. The quantitative estimate of drug-likeness (QED) is 0.798. The molecule has 2 aromatic rings. The Balaban J connectivity index is 1.43. The number of aryl methyl sites for hydroxylation is 1. The Morgan fingerprint density at radius 3 is 2.73 bits per heavy atom. The summed E-state index contributed by atoms with van der Waals surface area (Å²) in [7, 11) is 1.40. The first-order chi connectivity index (χ1) is 12.6. The number of esters is 1. The molecule has 26 heavy (non-hydrogen) atoms. The van der Waals surface area contributed by atoms with E-state index in [9.17, 15) is 4.79 Å². The van der Waals surface area contributed by atoms with E-state index in [0.717, 1.165) is 18.2 Å². The predicted molar refractivity (Wildman–Crippen MR) is 96.1 cm³/mol. The number of aromatic nitrogens is 3. The molecule has 1 saturated carbocycles. The van der Waals surface area contributed by atoms with E-state index < -0.39 is 0 Å². The van der Waals surface area contributed by atoms with Crippen molar-refractivity contribution in [3.63, 3.8) is 0 Å². The lowest BCUT2D eigenvalue weighted by molar-refractivity contribution is 0.0600. The zero-order chi connectivity index (χ0) is 18.1. The van der Waals surface area contributed by atoms with Gasteiger partial charge in [0.15, 0.2) is 5.82 Å². The normalized spacial score (nSPS) is 27.5. The number of hydrogen-bond acceptors (Lipinski definition) is 5. The van der Waals surface area contributed by atoms with Crippen LogP contribution >= 0.6 is 0 Å². The number of nitrogens with zero attached hydrogens (tertiary/aromatic N) is 4. The van der Waals surface area contributed by atoms with E-state index in [1.54, 1.807) is 0 Å². The molecule has 0 saturated heterocycles. The average Bonchev–Trinajstić information content (AvgIpc) is 2.97. The summed E-state index contributed by atoms with van der Waals surface area (Å²) in [6.45, 7) is 5.00. The Morgan fingerprint density at radius 2 is 2.00 bits per heavy atom. The zero-order valence-electron chi connectivity index (χ0n) is 15.0. The van der Waals surface area contributed by atoms with Crippen molar-refractivity contribution in [2.45, 2.75) is 32.0 Å². The van der Waals surface area contributed by atoms with Gasteiger partial charge in [0.2, 0.25) is 0 Å². The molecule has 6 heteroatoms. The number of rotatable bonds is 3. The molecule has 3 atom stereocenters. The topological polar surface area (TPSA) is 60.2 Å². The third kappa shape index (κ3) is 1.84. The van der Waals surface area contributed by atoms with E-state index >= 15 is 0 Å². The molecule has 0 N–H and O–H groups in total. The second-order valence-electron chi connectivity index (χ2n) is 7.26. The lowest BCUT2D eigenvalue weighted by atomic mass is 10.1. The van der Waals surface area contributed by atoms with Crippen LogP contribution in [0.4, 0.5) is 0 Å². The van der Waals surface area contributed by atoms with Crippen LogP contribution in [-0.2, 0) is 16.8 Å². The molecule has 2 aliphatic heterocycles. The summed E-state index contributed by atoms with van der Waals surface area (Å²) in [6.07, 6.45) is 6.72. The lowest BCUT2D eigenvalue weighted by Crippen LogP contribution is -2.26. The number of fused-ring (bicyclic) bond motifs is 2. The van der Waals surface area contributed by atoms with Crippen molar-refractivity contribution in [3.05, 3.63) is 64.9 Å². The van der Waals surface area contributed by atoms with Crippen molar-refractivity contribution in [2.75, 3.05) is 7.11 Å². The van der Waals surface area contributed by atoms with E-state index in [0.29, 0.717) is 17.5 Å². The summed E-state index contributed by atoms with van der Waals surface area (Å²) in [5.41, 5.74) is 3.00. The predicted octanol–water partition coefficient (Wildman–Crippen LogP) is 2.51. The van der Waals surface area contributed by atoms with Gasteiger partial charge in [0.25, 0.3) is 0 Å². The first-order valence-electron chi connectivity index (χ1n) is 8.80. The standard InChI is InChI=1S/C20H20N4O2/c1-12-10-20-16(8-9-17-22-21-13(2)24(17)20)18(20)23(12)11-14-4-6-15(7-5-14)19(25)26-3/h4-10,16,18H,11H2,1-3H3. The van der Waals surface area contributed by atoms with Crippen LogP contribution in [0.25, 0.3) is 6.08 Å². The van der Waals surface area contributed by atoms with Crippen LogP contribution in [0.2, 0.25) is 0 Å². The fourth-order valence-corrected chi connectivity index (χ4v) is 4.71. The van der Waals surface area contributed by atoms with E-state index in [2.05, 4.69) is 44.8 Å². The number of ether oxygens (including phenoxy) is 1. The summed E-state index contributed by atoms with van der Waals surface area (Å²) < 4.78 is 7.05. The zero-order valence-corrected chi connectivity index (χ0v) is 15.0. The number of carbonyl (C=O) groups is 1. The van der Waals surface area contributed by atoms with Gasteiger partial charge in [0, 0.05) is 18.2 Å². The molecule has 6 nitrogen and oxygen atoms in total. The molecule has 0 bridgehead atoms. The van der Waals surface area contributed by atoms with Gasteiger partial charge < -0.3 is 9.64 Å². The van der Waals surface area contributed by atoms with Crippen LogP contribution in [0.3, 0.4) is 0 Å². The third-order valence-electron chi connectivity index (χ3n) is 5.89. The van der Waals surface area contributed by atoms with Gasteiger partial charge in [-0.05, 0) is 43.7 Å². The second-order valence-corrected chi connectivity index (χ2v) is 7.26. The number of benzene rings is 1. The Morgan fingerprint density at radius 1 is 1.23 bits per heavy atom. The molecule has 5 rings (SSSR count). The molecule has 0 radical (unpaired) electrons. The molecule has 0 amide bonds. The fraction of sp³-hybridized carbons (Fsp3) is 0.350. The minimum Gasteiger partial charge on any atom is -0.465 e. The molecule has 3 heterocycles. The van der Waals surface area contributed by atoms with Gasteiger partial charge in [-0.3, -0.25) is 4.57 Å². The van der Waals surface area contributed by atoms with Crippen LogP contribution in [0.1, 0.15) is 34.5 Å². The van der Waals surface area contributed by atoms with Crippen LogP contribution in [-0.4, -0.2) is 38.8 Å². The molecule has 1 fully saturated rings. The van der Waals surface area contributed by atoms with Crippen LogP contribution in [0.15, 0.2) is 42.1 Å². The molecule has 1 aromatic heterocycles. The minimum atomic E-state index is -0.304. The maximum absolute atomic E-state index is 11.6. The first-order valence-corrected chi connectivity index (χ1v) is 8.80. The molecule has 1 aromatic carbocycles. The largest absolute Gasteiger partial charge is 0.465 e. The fourth-order valence-electron chi connectivity index (χ4n) is 4.71. The molecule has 132 valence electrons. The van der Waals surface area contributed by atoms with Crippen molar-refractivity contribution < 1.29 is 9.53 Å². The van der Waals surface area contributed by atoms with Crippen LogP contribution in [0, 0.1) is 12.8 Å². The molecule has 1 aliphatic carbocycles. The maximum Gasteiger partial charge on any atom is 0.337 e. The summed E-state index contributed by atoms with van der Waals surface area (Å²) in [5.74, 6) is 2.06. The van der Waals surface area contributed by atoms with Gasteiger partial charge in [-0.1, -0.05) is 18.2 Å². The van der Waals surface area contributed by atoms with Gasteiger partial charge in [-0.25, -0.2) is 4.79 Å². The van der Waals surface area contributed by atoms with Crippen molar-refractivity contribution in [1.82, 2.24) is 19.7 Å². The highest BCUT2D eigenvalue weighted by atomic mass is 16.5. The third-order valence-corrected chi connectivity index (χ3v) is 5.89. The lowest BCUT2D eigenvalue weighted by Gasteiger charge is -2.23. The molecular formula is C20H20N4O2. The maximum atomic E-state index is 11.6. The number of methoxy groups -OCH3 is 1. The summed E-state index contributed by atoms with van der Waals surface area (Å²) >= 11 is 0. The Kier molecular flexibility index (Phi) is 2.99. The number of allylic oxidation sites excluding steroid dienone is 1. The highest BCUT2D eigenvalue weighted by molar-refractivity contribution is 5.89. The average molecular weight is 348 g/mol. The Hall–Kier alpha value is -2.89. The Labute approximate surface area is 151 Å². The number of hydrogen-bond donors (Lipinski definition) is 0.